The Morgan fingerprint density at radius 2 is 1.86 bits per heavy atom. The van der Waals surface area contributed by atoms with E-state index in [1.807, 2.05) is 24.3 Å². The van der Waals surface area contributed by atoms with E-state index in [2.05, 4.69) is 20.5 Å². The number of hydrogen-bond acceptors (Lipinski definition) is 2. The van der Waals surface area contributed by atoms with Gasteiger partial charge < -0.3 is 9.79 Å². The van der Waals surface area contributed by atoms with E-state index in [0.717, 1.165) is 10.0 Å². The van der Waals surface area contributed by atoms with Crippen molar-refractivity contribution in [2.45, 2.75) is 6.42 Å². The second-order valence-electron chi connectivity index (χ2n) is 2.70. The molecule has 0 spiro atoms. The van der Waals surface area contributed by atoms with E-state index in [1.165, 1.54) is 0 Å². The topological polar surface area (TPSA) is 66.8 Å². The minimum absolute atomic E-state index is 0.0198. The van der Waals surface area contributed by atoms with E-state index >= 15 is 0 Å². The summed E-state index contributed by atoms with van der Waals surface area (Å²) in [6, 6.07) is 7.47. The summed E-state index contributed by atoms with van der Waals surface area (Å²) in [5.74, 6) is 0. The highest BCUT2D eigenvalue weighted by Gasteiger charge is 2.12. The van der Waals surface area contributed by atoms with E-state index in [1.54, 1.807) is 0 Å². The van der Waals surface area contributed by atoms with Crippen molar-refractivity contribution in [3.8, 4) is 0 Å². The molecule has 0 aliphatic heterocycles. The lowest BCUT2D eigenvalue weighted by molar-refractivity contribution is 0.199. The van der Waals surface area contributed by atoms with Gasteiger partial charge in [0.25, 0.3) is 0 Å². The van der Waals surface area contributed by atoms with Crippen LogP contribution >= 0.6 is 23.8 Å². The average Bonchev–Trinajstić information content (AvgIpc) is 2.06. The molecule has 0 heterocycles. The summed E-state index contributed by atoms with van der Waals surface area (Å²) in [6.07, 6.45) is 0.485. The van der Waals surface area contributed by atoms with Gasteiger partial charge in [-0.25, -0.2) is 4.57 Å². The van der Waals surface area contributed by atoms with Gasteiger partial charge in [0.05, 0.1) is 6.61 Å². The van der Waals surface area contributed by atoms with Crippen LogP contribution in [0.2, 0.25) is 0 Å². The molecule has 0 aliphatic rings. The van der Waals surface area contributed by atoms with Crippen molar-refractivity contribution in [3.63, 3.8) is 0 Å². The highest BCUT2D eigenvalue weighted by atomic mass is 79.9. The highest BCUT2D eigenvalue weighted by molar-refractivity contribution is 9.10. The van der Waals surface area contributed by atoms with Crippen LogP contribution < -0.4 is 0 Å². The fourth-order valence-corrected chi connectivity index (χ4v) is 1.53. The average molecular weight is 281 g/mol. The van der Waals surface area contributed by atoms with Crippen molar-refractivity contribution in [1.29, 1.82) is 0 Å². The minimum atomic E-state index is -4.32. The van der Waals surface area contributed by atoms with Gasteiger partial charge >= 0.3 is 7.82 Å². The summed E-state index contributed by atoms with van der Waals surface area (Å²) in [5.41, 5.74) is 0.974. The van der Waals surface area contributed by atoms with E-state index < -0.39 is 7.82 Å². The van der Waals surface area contributed by atoms with Crippen LogP contribution in [0.4, 0.5) is 0 Å². The number of hydrogen-bond donors (Lipinski definition) is 2. The molecule has 78 valence electrons. The lowest BCUT2D eigenvalue weighted by Crippen LogP contribution is -1.96. The third-order valence-corrected chi connectivity index (χ3v) is 2.61. The highest BCUT2D eigenvalue weighted by Crippen LogP contribution is 2.35. The monoisotopic (exact) mass is 280 g/mol. The van der Waals surface area contributed by atoms with Gasteiger partial charge in [-0.3, -0.25) is 4.52 Å². The van der Waals surface area contributed by atoms with Crippen LogP contribution in [0, 0.1) is 0 Å². The van der Waals surface area contributed by atoms with Gasteiger partial charge in [-0.15, -0.1) is 0 Å². The third-order valence-electron chi connectivity index (χ3n) is 1.56. The molecule has 0 amide bonds. The van der Waals surface area contributed by atoms with Gasteiger partial charge in [0.1, 0.15) is 0 Å². The molecule has 0 saturated heterocycles. The molecule has 6 heteroatoms. The second-order valence-corrected chi connectivity index (χ2v) is 4.86. The minimum Gasteiger partial charge on any atom is -0.303 e. The van der Waals surface area contributed by atoms with E-state index in [9.17, 15) is 4.57 Å². The predicted molar refractivity (Wildman–Crippen MR) is 55.8 cm³/mol. The van der Waals surface area contributed by atoms with Crippen LogP contribution in [0.15, 0.2) is 28.7 Å². The van der Waals surface area contributed by atoms with Crippen molar-refractivity contribution in [2.75, 3.05) is 6.61 Å². The number of phosphoric acid groups is 1. The molecule has 0 saturated carbocycles. The Balaban J connectivity index is 2.39. The first-order valence-electron chi connectivity index (χ1n) is 3.92. The zero-order chi connectivity index (χ0) is 10.6. The zero-order valence-electron chi connectivity index (χ0n) is 7.26. The van der Waals surface area contributed by atoms with Gasteiger partial charge in [0.15, 0.2) is 0 Å². The number of phosphoric ester groups is 1. The summed E-state index contributed by atoms with van der Waals surface area (Å²) in [5, 5.41) is 0. The maximum absolute atomic E-state index is 10.3. The van der Waals surface area contributed by atoms with Crippen LogP contribution in [-0.4, -0.2) is 16.4 Å². The molecule has 1 aromatic rings. The molecule has 0 aromatic heterocycles. The Kier molecular flexibility index (Phi) is 4.29. The molecule has 1 aromatic carbocycles. The number of benzene rings is 1. The quantitative estimate of drug-likeness (QED) is 0.829. The van der Waals surface area contributed by atoms with Crippen molar-refractivity contribution in [2.24, 2.45) is 0 Å². The summed E-state index contributed by atoms with van der Waals surface area (Å²) in [6.45, 7) is 0.0198. The molecular formula is C8H10BrO4P. The molecule has 1 rings (SSSR count). The Morgan fingerprint density at radius 1 is 1.29 bits per heavy atom. The van der Waals surface area contributed by atoms with Crippen LogP contribution in [0.5, 0.6) is 0 Å². The first-order chi connectivity index (χ1) is 6.47. The van der Waals surface area contributed by atoms with Crippen LogP contribution in [-0.2, 0) is 15.5 Å². The molecule has 0 fully saturated rings. The van der Waals surface area contributed by atoms with Crippen molar-refractivity contribution in [1.82, 2.24) is 0 Å². The van der Waals surface area contributed by atoms with Gasteiger partial charge in [-0.05, 0) is 24.1 Å². The van der Waals surface area contributed by atoms with Crippen LogP contribution in [0.1, 0.15) is 5.56 Å². The van der Waals surface area contributed by atoms with Gasteiger partial charge in [0.2, 0.25) is 0 Å². The van der Waals surface area contributed by atoms with Crippen LogP contribution in [0.25, 0.3) is 0 Å². The third kappa shape index (κ3) is 4.88. The molecule has 0 unspecified atom stereocenters. The van der Waals surface area contributed by atoms with Gasteiger partial charge in [0, 0.05) is 4.47 Å². The molecule has 2 N–H and O–H groups in total. The maximum Gasteiger partial charge on any atom is 0.469 e. The molecule has 4 nitrogen and oxygen atoms in total. The Bertz CT molecular complexity index is 332. The lowest BCUT2D eigenvalue weighted by Gasteiger charge is -2.04. The fourth-order valence-electron chi connectivity index (χ4n) is 0.933. The van der Waals surface area contributed by atoms with Crippen molar-refractivity contribution in [3.05, 3.63) is 34.3 Å². The second kappa shape index (κ2) is 5.05. The van der Waals surface area contributed by atoms with Crippen molar-refractivity contribution >= 4 is 23.8 Å². The molecule has 14 heavy (non-hydrogen) atoms. The molecule has 0 bridgehead atoms. The molecule has 0 atom stereocenters. The molecule has 0 aliphatic carbocycles. The Hall–Kier alpha value is -0.190. The largest absolute Gasteiger partial charge is 0.469 e. The summed E-state index contributed by atoms with van der Waals surface area (Å²) >= 11 is 3.29. The van der Waals surface area contributed by atoms with E-state index in [4.69, 9.17) is 9.79 Å². The van der Waals surface area contributed by atoms with Crippen LogP contribution in [0.3, 0.4) is 0 Å². The standard InChI is InChI=1S/C8H10BrO4P/c9-8-3-1-7(2-4-8)5-6-13-14(10,11)12/h1-4H,5-6H2,(H2,10,11,12). The van der Waals surface area contributed by atoms with Crippen molar-refractivity contribution < 1.29 is 18.9 Å². The first-order valence-corrected chi connectivity index (χ1v) is 6.24. The SMILES string of the molecule is O=P(O)(O)OCCc1ccc(Br)cc1. The zero-order valence-corrected chi connectivity index (χ0v) is 9.74. The normalized spacial score (nSPS) is 11.6. The number of rotatable bonds is 4. The van der Waals surface area contributed by atoms with E-state index in [0.29, 0.717) is 6.42 Å². The summed E-state index contributed by atoms with van der Waals surface area (Å²) in [7, 11) is -4.32. The smallest absolute Gasteiger partial charge is 0.303 e. The molecule has 0 radical (unpaired) electrons. The van der Waals surface area contributed by atoms with E-state index in [-0.39, 0.29) is 6.61 Å². The predicted octanol–water partition coefficient (Wildman–Crippen LogP) is 2.10. The first kappa shape index (κ1) is 11.9. The summed E-state index contributed by atoms with van der Waals surface area (Å²) in [4.78, 5) is 16.8. The van der Waals surface area contributed by atoms with Gasteiger partial charge in [-0.1, -0.05) is 28.1 Å². The molecular weight excluding hydrogens is 271 g/mol. The fraction of sp³-hybridized carbons (Fsp3) is 0.250. The van der Waals surface area contributed by atoms with Gasteiger partial charge in [-0.2, -0.15) is 0 Å². The Morgan fingerprint density at radius 3 is 2.36 bits per heavy atom. The number of halogens is 1. The Labute approximate surface area is 90.3 Å². The summed E-state index contributed by atoms with van der Waals surface area (Å²) < 4.78 is 15.6. The lowest BCUT2D eigenvalue weighted by atomic mass is 10.2. The maximum atomic E-state index is 10.3.